The number of rotatable bonds is 15. The average Bonchev–Trinajstić information content (AvgIpc) is 2.39. The predicted molar refractivity (Wildman–Crippen MR) is 85.2 cm³/mol. The van der Waals surface area contributed by atoms with Gasteiger partial charge in [-0.2, -0.15) is 0 Å². The largest absolute Gasteiger partial charge is 0.0654 e. The van der Waals surface area contributed by atoms with E-state index in [1.54, 1.807) is 0 Å². The molecule has 0 saturated carbocycles. The molecule has 1 heteroatoms. The Morgan fingerprint density at radius 3 is 0.632 bits per heavy atom. The Labute approximate surface area is 156 Å². The molecule has 0 aromatic carbocycles. The van der Waals surface area contributed by atoms with Crippen molar-refractivity contribution in [1.82, 2.24) is 0 Å². The van der Waals surface area contributed by atoms with Crippen LogP contribution in [0.5, 0.6) is 0 Å². The van der Waals surface area contributed by atoms with Crippen molar-refractivity contribution in [2.24, 2.45) is 0 Å². The molecule has 0 nitrogen and oxygen atoms in total. The van der Waals surface area contributed by atoms with E-state index in [0.29, 0.717) is 0 Å². The standard InChI is InChI=1S/C18H38.Nd/c1-3-5-7-9-11-13-15-17-18-16-14-12-10-8-6-4-2;/h3-18H2,1-2H3;. The fraction of sp³-hybridized carbons (Fsp3) is 1.00. The van der Waals surface area contributed by atoms with Gasteiger partial charge in [-0.1, -0.05) is 117 Å². The van der Waals surface area contributed by atoms with Gasteiger partial charge < -0.3 is 0 Å². The molecule has 0 fully saturated rings. The Kier molecular flexibility index (Phi) is 25.8. The van der Waals surface area contributed by atoms with E-state index in [9.17, 15) is 0 Å². The van der Waals surface area contributed by atoms with E-state index < -0.39 is 0 Å². The van der Waals surface area contributed by atoms with Crippen molar-refractivity contribution in [3.63, 3.8) is 0 Å². The summed E-state index contributed by atoms with van der Waals surface area (Å²) in [6.07, 6.45) is 23.4. The fourth-order valence-corrected chi connectivity index (χ4v) is 2.62. The SMILES string of the molecule is CCCCCCCCCCCCCCCCCC.[Nd]. The molecular weight excluding hydrogens is 360 g/mol. The van der Waals surface area contributed by atoms with Crippen molar-refractivity contribution in [3.8, 4) is 0 Å². The molecule has 0 atom stereocenters. The molecule has 0 unspecified atom stereocenters. The molecule has 0 heterocycles. The minimum absolute atomic E-state index is 0. The zero-order chi connectivity index (χ0) is 13.3. The van der Waals surface area contributed by atoms with Crippen molar-refractivity contribution in [2.45, 2.75) is 117 Å². The van der Waals surface area contributed by atoms with Crippen LogP contribution >= 0.6 is 0 Å². The van der Waals surface area contributed by atoms with E-state index in [1.807, 2.05) is 0 Å². The molecule has 0 rings (SSSR count). The van der Waals surface area contributed by atoms with Gasteiger partial charge >= 0.3 is 0 Å². The van der Waals surface area contributed by atoms with Crippen LogP contribution in [0, 0.1) is 40.8 Å². The van der Waals surface area contributed by atoms with Crippen molar-refractivity contribution in [3.05, 3.63) is 0 Å². The molecule has 0 aliphatic carbocycles. The van der Waals surface area contributed by atoms with Crippen LogP contribution in [0.1, 0.15) is 117 Å². The Morgan fingerprint density at radius 1 is 0.316 bits per heavy atom. The first-order chi connectivity index (χ1) is 8.91. The maximum Gasteiger partial charge on any atom is 0 e. The summed E-state index contributed by atoms with van der Waals surface area (Å²) in [6, 6.07) is 0. The maximum atomic E-state index is 2.29. The van der Waals surface area contributed by atoms with Crippen molar-refractivity contribution in [1.29, 1.82) is 0 Å². The molecule has 0 radical (unpaired) electrons. The van der Waals surface area contributed by atoms with Gasteiger partial charge in [0.25, 0.3) is 0 Å². The third-order valence-electron chi connectivity index (χ3n) is 3.96. The van der Waals surface area contributed by atoms with Crippen LogP contribution in [0.15, 0.2) is 0 Å². The molecule has 0 aromatic rings. The molecule has 19 heavy (non-hydrogen) atoms. The van der Waals surface area contributed by atoms with Crippen molar-refractivity contribution >= 4 is 0 Å². The first-order valence-electron chi connectivity index (χ1n) is 8.91. The summed E-state index contributed by atoms with van der Waals surface area (Å²) < 4.78 is 0. The second-order valence-corrected chi connectivity index (χ2v) is 5.95. The molecule has 0 spiro atoms. The Bertz CT molecular complexity index is 118. The zero-order valence-electron chi connectivity index (χ0n) is 13.8. The van der Waals surface area contributed by atoms with Gasteiger partial charge in [0.1, 0.15) is 0 Å². The summed E-state index contributed by atoms with van der Waals surface area (Å²) in [4.78, 5) is 0. The van der Waals surface area contributed by atoms with E-state index >= 15 is 0 Å². The van der Waals surface area contributed by atoms with Gasteiger partial charge in [0.05, 0.1) is 0 Å². The van der Waals surface area contributed by atoms with Crippen LogP contribution in [0.2, 0.25) is 0 Å². The molecular formula is C18H38Nd. The fourth-order valence-electron chi connectivity index (χ4n) is 2.62. The van der Waals surface area contributed by atoms with Gasteiger partial charge in [-0.15, -0.1) is 0 Å². The maximum absolute atomic E-state index is 2.29. The molecule has 0 amide bonds. The van der Waals surface area contributed by atoms with Gasteiger partial charge in [0.2, 0.25) is 0 Å². The Morgan fingerprint density at radius 2 is 0.474 bits per heavy atom. The predicted octanol–water partition coefficient (Wildman–Crippen LogP) is 7.27. The van der Waals surface area contributed by atoms with Crippen molar-refractivity contribution < 1.29 is 40.8 Å². The summed E-state index contributed by atoms with van der Waals surface area (Å²) in [5.74, 6) is 0. The van der Waals surface area contributed by atoms with Crippen LogP contribution in [-0.4, -0.2) is 0 Å². The number of hydrogen-bond acceptors (Lipinski definition) is 0. The third-order valence-corrected chi connectivity index (χ3v) is 3.96. The summed E-state index contributed by atoms with van der Waals surface area (Å²) in [7, 11) is 0. The van der Waals surface area contributed by atoms with Crippen LogP contribution in [0.4, 0.5) is 0 Å². The van der Waals surface area contributed by atoms with E-state index in [4.69, 9.17) is 0 Å². The summed E-state index contributed by atoms with van der Waals surface area (Å²) >= 11 is 0. The van der Waals surface area contributed by atoms with Crippen LogP contribution < -0.4 is 0 Å². The summed E-state index contributed by atoms with van der Waals surface area (Å²) in [5.41, 5.74) is 0. The van der Waals surface area contributed by atoms with E-state index in [-0.39, 0.29) is 40.8 Å². The first kappa shape index (κ1) is 22.6. The molecule has 0 N–H and O–H groups in total. The van der Waals surface area contributed by atoms with Gasteiger partial charge in [-0.25, -0.2) is 0 Å². The van der Waals surface area contributed by atoms with Gasteiger partial charge in [-0.3, -0.25) is 0 Å². The molecule has 0 aliphatic rings. The van der Waals surface area contributed by atoms with Gasteiger partial charge in [0, 0.05) is 40.8 Å². The first-order valence-corrected chi connectivity index (χ1v) is 8.91. The van der Waals surface area contributed by atoms with Crippen LogP contribution in [-0.2, 0) is 0 Å². The Hall–Kier alpha value is 1.35. The van der Waals surface area contributed by atoms with E-state index in [1.165, 1.54) is 103 Å². The number of unbranched alkanes of at least 4 members (excludes halogenated alkanes) is 15. The topological polar surface area (TPSA) is 0 Å². The normalized spacial score (nSPS) is 10.4. The van der Waals surface area contributed by atoms with E-state index in [2.05, 4.69) is 13.8 Å². The van der Waals surface area contributed by atoms with Crippen molar-refractivity contribution in [2.75, 3.05) is 0 Å². The zero-order valence-corrected chi connectivity index (χ0v) is 17.0. The van der Waals surface area contributed by atoms with Gasteiger partial charge in [0.15, 0.2) is 0 Å². The minimum atomic E-state index is 0. The second-order valence-electron chi connectivity index (χ2n) is 5.95. The molecule has 0 aromatic heterocycles. The molecule has 114 valence electrons. The quantitative estimate of drug-likeness (QED) is 0.254. The molecule has 0 bridgehead atoms. The summed E-state index contributed by atoms with van der Waals surface area (Å²) in [6.45, 7) is 4.59. The smallest absolute Gasteiger partial charge is 0 e. The van der Waals surface area contributed by atoms with Gasteiger partial charge in [-0.05, 0) is 0 Å². The van der Waals surface area contributed by atoms with Crippen LogP contribution in [0.25, 0.3) is 0 Å². The monoisotopic (exact) mass is 396 g/mol. The molecule has 0 saturated heterocycles. The second kappa shape index (κ2) is 21.6. The average molecular weight is 399 g/mol. The Balaban J connectivity index is 0. The van der Waals surface area contributed by atoms with E-state index in [0.717, 1.165) is 0 Å². The minimum Gasteiger partial charge on any atom is -0.0654 e. The summed E-state index contributed by atoms with van der Waals surface area (Å²) in [5, 5.41) is 0. The third kappa shape index (κ3) is 21.8. The van der Waals surface area contributed by atoms with Crippen LogP contribution in [0.3, 0.4) is 0 Å². The molecule has 0 aliphatic heterocycles. The number of hydrogen-bond donors (Lipinski definition) is 0.